The molecule has 0 bridgehead atoms. The molecule has 0 spiro atoms. The lowest BCUT2D eigenvalue weighted by Gasteiger charge is -2.39. The predicted molar refractivity (Wildman–Crippen MR) is 106 cm³/mol. The summed E-state index contributed by atoms with van der Waals surface area (Å²) in [6.45, 7) is 2.80. The third kappa shape index (κ3) is 3.30. The maximum atomic E-state index is 12.4. The first-order valence-corrected chi connectivity index (χ1v) is 9.39. The van der Waals surface area contributed by atoms with Crippen LogP contribution in [0, 0.1) is 13.8 Å². The summed E-state index contributed by atoms with van der Waals surface area (Å²) in [4.78, 5) is 12.4. The smallest absolute Gasteiger partial charge is 0.229 e. The Kier molecular flexibility index (Phi) is 5.16. The van der Waals surface area contributed by atoms with Crippen LogP contribution in [0.4, 0.5) is 0 Å². The van der Waals surface area contributed by atoms with Crippen molar-refractivity contribution in [2.45, 2.75) is 44.6 Å². The molecular weight excluding hydrogens is 396 g/mol. The van der Waals surface area contributed by atoms with E-state index in [9.17, 15) is 30.3 Å². The number of hydrogen-bond acceptors (Lipinski definition) is 9. The van der Waals surface area contributed by atoms with Crippen LogP contribution in [0.1, 0.15) is 11.3 Å². The van der Waals surface area contributed by atoms with Crippen LogP contribution in [-0.2, 0) is 4.74 Å². The molecule has 1 saturated heterocycles. The molecule has 2 heterocycles. The number of aryl methyl sites for hydroxylation is 2. The highest BCUT2D eigenvalue weighted by Crippen LogP contribution is 2.37. The minimum atomic E-state index is -1.58. The lowest BCUT2D eigenvalue weighted by Crippen LogP contribution is -2.60. The number of rotatable bonds is 3. The minimum absolute atomic E-state index is 0.109. The van der Waals surface area contributed by atoms with Gasteiger partial charge in [-0.05, 0) is 30.9 Å². The predicted octanol–water partition coefficient (Wildman–Crippen LogP) is 0.447. The second-order valence-electron chi connectivity index (χ2n) is 7.47. The average Bonchev–Trinajstić information content (AvgIpc) is 2.67. The Morgan fingerprint density at radius 1 is 1.00 bits per heavy atom. The molecule has 5 N–H and O–H groups in total. The van der Waals surface area contributed by atoms with Gasteiger partial charge in [0.15, 0.2) is 5.43 Å². The van der Waals surface area contributed by atoms with Crippen molar-refractivity contribution < 1.29 is 39.4 Å². The van der Waals surface area contributed by atoms with Gasteiger partial charge in [-0.3, -0.25) is 4.79 Å². The van der Waals surface area contributed by atoms with E-state index in [0.717, 1.165) is 0 Å². The molecule has 1 aromatic heterocycles. The first kappa shape index (κ1) is 20.6. The van der Waals surface area contributed by atoms with E-state index >= 15 is 0 Å². The molecule has 1 aliphatic rings. The number of phenols is 1. The third-order valence-electron chi connectivity index (χ3n) is 5.29. The van der Waals surface area contributed by atoms with Crippen molar-refractivity contribution in [1.82, 2.24) is 0 Å². The number of phenolic OH excluding ortho intramolecular Hbond substituents is 1. The maximum absolute atomic E-state index is 12.4. The zero-order valence-electron chi connectivity index (χ0n) is 16.3. The number of benzene rings is 2. The lowest BCUT2D eigenvalue weighted by atomic mass is 9.99. The summed E-state index contributed by atoms with van der Waals surface area (Å²) in [6.07, 6.45) is -7.18. The Morgan fingerprint density at radius 2 is 1.73 bits per heavy atom. The number of ether oxygens (including phenoxy) is 2. The Labute approximate surface area is 170 Å². The van der Waals surface area contributed by atoms with Gasteiger partial charge in [0.1, 0.15) is 47.3 Å². The van der Waals surface area contributed by atoms with Crippen LogP contribution in [-0.4, -0.2) is 62.8 Å². The Morgan fingerprint density at radius 3 is 2.43 bits per heavy atom. The van der Waals surface area contributed by atoms with Crippen LogP contribution in [0.2, 0.25) is 0 Å². The zero-order chi connectivity index (χ0) is 21.7. The molecular formula is C21H22O9. The highest BCUT2D eigenvalue weighted by Gasteiger charge is 2.44. The van der Waals surface area contributed by atoms with Crippen molar-refractivity contribution in [1.29, 1.82) is 0 Å². The van der Waals surface area contributed by atoms with Gasteiger partial charge in [-0.15, -0.1) is 0 Å². The molecule has 0 amide bonds. The van der Waals surface area contributed by atoms with E-state index in [1.807, 2.05) is 0 Å². The fourth-order valence-corrected chi connectivity index (χ4v) is 3.82. The first-order valence-electron chi connectivity index (χ1n) is 9.39. The van der Waals surface area contributed by atoms with Crippen LogP contribution in [0.25, 0.3) is 21.7 Å². The Hall–Kier alpha value is -2.69. The van der Waals surface area contributed by atoms with Crippen molar-refractivity contribution in [3.63, 3.8) is 0 Å². The standard InChI is InChI=1S/C21H22O9/c1-8-3-10-5-11(29-21-19(27)18(26)17(25)14(7-22)30-21)6-13(24)16(10)20-15(8)12(23)4-9(2)28-20/h3-6,14,17-19,21-22,24-27H,7H2,1-2H3/t14-,17+,18+,19+,21-/m0/s1. The molecule has 9 nitrogen and oxygen atoms in total. The van der Waals surface area contributed by atoms with Crippen LogP contribution >= 0.6 is 0 Å². The van der Waals surface area contributed by atoms with E-state index < -0.39 is 37.3 Å². The minimum Gasteiger partial charge on any atom is -0.507 e. The van der Waals surface area contributed by atoms with Crippen molar-refractivity contribution >= 4 is 21.7 Å². The first-order chi connectivity index (χ1) is 14.2. The molecule has 9 heteroatoms. The molecule has 3 aromatic rings. The Bertz CT molecular complexity index is 1170. The average molecular weight is 418 g/mol. The largest absolute Gasteiger partial charge is 0.507 e. The Balaban J connectivity index is 1.79. The maximum Gasteiger partial charge on any atom is 0.229 e. The van der Waals surface area contributed by atoms with Gasteiger partial charge >= 0.3 is 0 Å². The summed E-state index contributed by atoms with van der Waals surface area (Å²) in [7, 11) is 0. The van der Waals surface area contributed by atoms with Crippen LogP contribution in [0.3, 0.4) is 0 Å². The second-order valence-corrected chi connectivity index (χ2v) is 7.47. The van der Waals surface area contributed by atoms with Crippen LogP contribution < -0.4 is 10.2 Å². The third-order valence-corrected chi connectivity index (χ3v) is 5.29. The number of fused-ring (bicyclic) bond motifs is 3. The summed E-state index contributed by atoms with van der Waals surface area (Å²) in [5.41, 5.74) is 0.691. The summed E-state index contributed by atoms with van der Waals surface area (Å²) in [5.74, 6) is 0.296. The summed E-state index contributed by atoms with van der Waals surface area (Å²) in [6, 6.07) is 5.91. The quantitative estimate of drug-likeness (QED) is 0.382. The van der Waals surface area contributed by atoms with Gasteiger partial charge in [0.25, 0.3) is 0 Å². The SMILES string of the molecule is Cc1cc(=O)c2c(C)cc3cc(O[C@H]4O[C@@H](CO)[C@@H](O)[C@@H](O)[C@H]4O)cc(O)c3c2o1. The van der Waals surface area contributed by atoms with Gasteiger partial charge in [0.2, 0.25) is 6.29 Å². The normalized spacial score (nSPS) is 26.9. The van der Waals surface area contributed by atoms with E-state index in [0.29, 0.717) is 27.5 Å². The number of hydrogen-bond donors (Lipinski definition) is 5. The van der Waals surface area contributed by atoms with Crippen LogP contribution in [0.5, 0.6) is 11.5 Å². The van der Waals surface area contributed by atoms with Gasteiger partial charge < -0.3 is 39.4 Å². The van der Waals surface area contributed by atoms with Gasteiger partial charge in [0.05, 0.1) is 17.4 Å². The lowest BCUT2D eigenvalue weighted by molar-refractivity contribution is -0.277. The fraction of sp³-hybridized carbons (Fsp3) is 0.381. The van der Waals surface area contributed by atoms with Gasteiger partial charge in [-0.1, -0.05) is 6.07 Å². The summed E-state index contributed by atoms with van der Waals surface area (Å²) < 4.78 is 16.7. The van der Waals surface area contributed by atoms with Crippen molar-refractivity contribution in [3.8, 4) is 11.5 Å². The molecule has 0 unspecified atom stereocenters. The highest BCUT2D eigenvalue weighted by atomic mass is 16.7. The molecule has 4 rings (SSSR count). The summed E-state index contributed by atoms with van der Waals surface area (Å²) in [5, 5.41) is 51.1. The number of aliphatic hydroxyl groups excluding tert-OH is 4. The molecule has 0 aliphatic carbocycles. The summed E-state index contributed by atoms with van der Waals surface area (Å²) >= 11 is 0. The molecule has 160 valence electrons. The van der Waals surface area contributed by atoms with Crippen molar-refractivity contribution in [2.24, 2.45) is 0 Å². The van der Waals surface area contributed by atoms with Gasteiger partial charge in [0, 0.05) is 12.1 Å². The van der Waals surface area contributed by atoms with Crippen molar-refractivity contribution in [3.05, 3.63) is 45.8 Å². The van der Waals surface area contributed by atoms with Gasteiger partial charge in [-0.2, -0.15) is 0 Å². The number of aromatic hydroxyl groups is 1. The monoisotopic (exact) mass is 418 g/mol. The van der Waals surface area contributed by atoms with E-state index in [4.69, 9.17) is 13.9 Å². The molecule has 30 heavy (non-hydrogen) atoms. The molecule has 1 fully saturated rings. The zero-order valence-corrected chi connectivity index (χ0v) is 16.3. The van der Waals surface area contributed by atoms with E-state index in [2.05, 4.69) is 0 Å². The van der Waals surface area contributed by atoms with E-state index in [1.54, 1.807) is 26.0 Å². The molecule has 0 saturated carbocycles. The topological polar surface area (TPSA) is 150 Å². The van der Waals surface area contributed by atoms with Crippen LogP contribution in [0.15, 0.2) is 33.5 Å². The molecule has 0 radical (unpaired) electrons. The second kappa shape index (κ2) is 7.53. The fourth-order valence-electron chi connectivity index (χ4n) is 3.82. The highest BCUT2D eigenvalue weighted by molar-refractivity contribution is 6.09. The molecule has 5 atom stereocenters. The van der Waals surface area contributed by atoms with E-state index in [-0.39, 0.29) is 22.5 Å². The van der Waals surface area contributed by atoms with E-state index in [1.165, 1.54) is 12.1 Å². The molecule has 2 aromatic carbocycles. The number of aliphatic hydroxyl groups is 4. The van der Waals surface area contributed by atoms with Crippen molar-refractivity contribution in [2.75, 3.05) is 6.61 Å². The van der Waals surface area contributed by atoms with Gasteiger partial charge in [-0.25, -0.2) is 0 Å². The molecule has 1 aliphatic heterocycles.